The van der Waals surface area contributed by atoms with Crippen LogP contribution >= 0.6 is 11.6 Å². The summed E-state index contributed by atoms with van der Waals surface area (Å²) in [6.07, 6.45) is 6.72. The molecule has 1 heterocycles. The Labute approximate surface area is 129 Å². The summed E-state index contributed by atoms with van der Waals surface area (Å²) in [6.45, 7) is 10.7. The molecule has 0 aliphatic carbocycles. The lowest BCUT2D eigenvalue weighted by molar-refractivity contribution is 0.451. The first kappa shape index (κ1) is 17.5. The molecule has 1 N–H and O–H groups in total. The summed E-state index contributed by atoms with van der Waals surface area (Å²) in [5.41, 5.74) is 2.26. The van der Waals surface area contributed by atoms with Gasteiger partial charge < -0.3 is 5.32 Å². The molecule has 0 aliphatic rings. The van der Waals surface area contributed by atoms with Gasteiger partial charge in [-0.05, 0) is 52.0 Å². The molecule has 1 atom stereocenters. The number of halogens is 1. The minimum absolute atomic E-state index is 0.636. The topological polar surface area (TPSA) is 29.9 Å². The van der Waals surface area contributed by atoms with Crippen LogP contribution in [0.5, 0.6) is 0 Å². The molecular weight excluding hydrogens is 270 g/mol. The Morgan fingerprint density at radius 1 is 1.25 bits per heavy atom. The predicted molar refractivity (Wildman–Crippen MR) is 87.6 cm³/mol. The Hall–Kier alpha value is -0.540. The molecule has 0 radical (unpaired) electrons. The zero-order valence-electron chi connectivity index (χ0n) is 13.5. The molecule has 0 aliphatic heterocycles. The van der Waals surface area contributed by atoms with Gasteiger partial charge >= 0.3 is 0 Å². The highest BCUT2D eigenvalue weighted by Gasteiger charge is 2.14. The summed E-state index contributed by atoms with van der Waals surface area (Å²) >= 11 is 6.44. The number of nitrogens with zero attached hydrogens (tertiary/aromatic N) is 2. The van der Waals surface area contributed by atoms with Gasteiger partial charge in [0.05, 0.1) is 16.4 Å². The third-order valence-electron chi connectivity index (χ3n) is 3.84. The average Bonchev–Trinajstić information content (AvgIpc) is 2.78. The number of aryl methyl sites for hydroxylation is 2. The van der Waals surface area contributed by atoms with E-state index in [1.165, 1.54) is 31.4 Å². The van der Waals surface area contributed by atoms with E-state index in [4.69, 9.17) is 11.6 Å². The van der Waals surface area contributed by atoms with Crippen molar-refractivity contribution >= 4 is 11.6 Å². The smallest absolute Gasteiger partial charge is 0.0849 e. The maximum atomic E-state index is 6.44. The zero-order valence-corrected chi connectivity index (χ0v) is 14.3. The van der Waals surface area contributed by atoms with Gasteiger partial charge in [0.15, 0.2) is 0 Å². The third kappa shape index (κ3) is 4.78. The van der Waals surface area contributed by atoms with Crippen LogP contribution in [-0.4, -0.2) is 22.4 Å². The number of hydrogen-bond donors (Lipinski definition) is 1. The molecule has 0 amide bonds. The van der Waals surface area contributed by atoms with Crippen molar-refractivity contribution in [2.24, 2.45) is 0 Å². The van der Waals surface area contributed by atoms with Crippen LogP contribution in [0.3, 0.4) is 0 Å². The van der Waals surface area contributed by atoms with Gasteiger partial charge in [-0.15, -0.1) is 0 Å². The van der Waals surface area contributed by atoms with Crippen LogP contribution in [0.4, 0.5) is 0 Å². The van der Waals surface area contributed by atoms with E-state index in [9.17, 15) is 0 Å². The summed E-state index contributed by atoms with van der Waals surface area (Å²) < 4.78 is 2.07. The van der Waals surface area contributed by atoms with Crippen molar-refractivity contribution in [2.75, 3.05) is 6.54 Å². The van der Waals surface area contributed by atoms with Crippen molar-refractivity contribution in [1.82, 2.24) is 15.1 Å². The van der Waals surface area contributed by atoms with E-state index in [-0.39, 0.29) is 0 Å². The van der Waals surface area contributed by atoms with Gasteiger partial charge in [-0.1, -0.05) is 32.4 Å². The molecule has 0 saturated heterocycles. The molecule has 1 aromatic heterocycles. The Morgan fingerprint density at radius 2 is 2.00 bits per heavy atom. The lowest BCUT2D eigenvalue weighted by Crippen LogP contribution is -2.29. The Bertz CT molecular complexity index is 387. The molecule has 0 aromatic carbocycles. The summed E-state index contributed by atoms with van der Waals surface area (Å²) in [7, 11) is 0. The van der Waals surface area contributed by atoms with E-state index < -0.39 is 0 Å². The van der Waals surface area contributed by atoms with E-state index in [0.717, 1.165) is 36.6 Å². The normalized spacial score (nSPS) is 12.8. The van der Waals surface area contributed by atoms with E-state index >= 15 is 0 Å². The second-order valence-electron chi connectivity index (χ2n) is 5.33. The lowest BCUT2D eigenvalue weighted by Gasteiger charge is -2.16. The second kappa shape index (κ2) is 9.41. The standard InChI is InChI=1S/C16H30ClN3/c1-5-12-18-13(6-2)10-9-11-15-16(17)14(7-3)19-20(15)8-4/h13,18H,5-12H2,1-4H3. The number of rotatable bonds is 10. The van der Waals surface area contributed by atoms with Crippen LogP contribution in [0, 0.1) is 0 Å². The molecule has 1 rings (SSSR count). The molecular formula is C16H30ClN3. The predicted octanol–water partition coefficient (Wildman–Crippen LogP) is 4.22. The van der Waals surface area contributed by atoms with Crippen LogP contribution in [-0.2, 0) is 19.4 Å². The highest BCUT2D eigenvalue weighted by molar-refractivity contribution is 6.31. The number of nitrogens with one attached hydrogen (secondary N) is 1. The molecule has 0 fully saturated rings. The van der Waals surface area contributed by atoms with Gasteiger partial charge in [0.1, 0.15) is 0 Å². The SMILES string of the molecule is CCCNC(CC)CCCc1c(Cl)c(CC)nn1CC. The molecule has 1 aromatic rings. The van der Waals surface area contributed by atoms with Gasteiger partial charge in [0.25, 0.3) is 0 Å². The molecule has 0 bridgehead atoms. The first-order valence-electron chi connectivity index (χ1n) is 8.15. The first-order valence-corrected chi connectivity index (χ1v) is 8.52. The van der Waals surface area contributed by atoms with Crippen LogP contribution < -0.4 is 5.32 Å². The van der Waals surface area contributed by atoms with Gasteiger partial charge in [-0.25, -0.2) is 0 Å². The highest BCUT2D eigenvalue weighted by Crippen LogP contribution is 2.23. The van der Waals surface area contributed by atoms with Crippen molar-refractivity contribution in [2.45, 2.75) is 78.8 Å². The second-order valence-corrected chi connectivity index (χ2v) is 5.71. The fourth-order valence-corrected chi connectivity index (χ4v) is 2.93. The summed E-state index contributed by atoms with van der Waals surface area (Å²) in [5.74, 6) is 0. The van der Waals surface area contributed by atoms with E-state index in [1.54, 1.807) is 0 Å². The summed E-state index contributed by atoms with van der Waals surface area (Å²) in [4.78, 5) is 0. The van der Waals surface area contributed by atoms with Gasteiger partial charge in [0, 0.05) is 12.6 Å². The number of aromatic nitrogens is 2. The van der Waals surface area contributed by atoms with Crippen molar-refractivity contribution in [3.8, 4) is 0 Å². The molecule has 0 saturated carbocycles. The molecule has 4 heteroatoms. The Kier molecular flexibility index (Phi) is 8.24. The fourth-order valence-electron chi connectivity index (χ4n) is 2.57. The monoisotopic (exact) mass is 299 g/mol. The van der Waals surface area contributed by atoms with Crippen molar-refractivity contribution in [1.29, 1.82) is 0 Å². The van der Waals surface area contributed by atoms with Gasteiger partial charge in [-0.3, -0.25) is 4.68 Å². The van der Waals surface area contributed by atoms with Gasteiger partial charge in [0.2, 0.25) is 0 Å². The zero-order chi connectivity index (χ0) is 15.0. The fraction of sp³-hybridized carbons (Fsp3) is 0.812. The first-order chi connectivity index (χ1) is 9.67. The Balaban J connectivity index is 2.54. The lowest BCUT2D eigenvalue weighted by atomic mass is 10.1. The minimum atomic E-state index is 0.636. The van der Waals surface area contributed by atoms with Gasteiger partial charge in [-0.2, -0.15) is 5.10 Å². The van der Waals surface area contributed by atoms with E-state index in [2.05, 4.69) is 42.8 Å². The van der Waals surface area contributed by atoms with Crippen LogP contribution in [0.25, 0.3) is 0 Å². The third-order valence-corrected chi connectivity index (χ3v) is 4.27. The number of hydrogen-bond acceptors (Lipinski definition) is 2. The average molecular weight is 300 g/mol. The van der Waals surface area contributed by atoms with Crippen LogP contribution in [0.1, 0.15) is 64.8 Å². The minimum Gasteiger partial charge on any atom is -0.314 e. The van der Waals surface area contributed by atoms with E-state index in [1.807, 2.05) is 0 Å². The molecule has 116 valence electrons. The largest absolute Gasteiger partial charge is 0.314 e. The van der Waals surface area contributed by atoms with Crippen molar-refractivity contribution in [3.63, 3.8) is 0 Å². The quantitative estimate of drug-likeness (QED) is 0.701. The van der Waals surface area contributed by atoms with Crippen molar-refractivity contribution < 1.29 is 0 Å². The van der Waals surface area contributed by atoms with Crippen molar-refractivity contribution in [3.05, 3.63) is 16.4 Å². The molecule has 0 spiro atoms. The summed E-state index contributed by atoms with van der Waals surface area (Å²) in [6, 6.07) is 0.636. The van der Waals surface area contributed by atoms with Crippen LogP contribution in [0.15, 0.2) is 0 Å². The van der Waals surface area contributed by atoms with E-state index in [0.29, 0.717) is 6.04 Å². The molecule has 20 heavy (non-hydrogen) atoms. The maximum Gasteiger partial charge on any atom is 0.0849 e. The molecule has 1 unspecified atom stereocenters. The molecule has 3 nitrogen and oxygen atoms in total. The Morgan fingerprint density at radius 3 is 2.55 bits per heavy atom. The summed E-state index contributed by atoms with van der Waals surface area (Å²) in [5, 5.41) is 9.09. The maximum absolute atomic E-state index is 6.44. The highest BCUT2D eigenvalue weighted by atomic mass is 35.5. The van der Waals surface area contributed by atoms with Crippen LogP contribution in [0.2, 0.25) is 5.02 Å².